The van der Waals surface area contributed by atoms with Crippen molar-refractivity contribution < 1.29 is 64.6 Å². The quantitative estimate of drug-likeness (QED) is 0.306. The first-order chi connectivity index (χ1) is 5.50. The molecule has 0 amide bonds. The third-order valence-corrected chi connectivity index (χ3v) is 0.556. The smallest absolute Gasteiger partial charge is 0.214 e. The van der Waals surface area contributed by atoms with E-state index < -0.39 is 0 Å². The normalized spacial score (nSPS) is 3.54. The monoisotopic (exact) mass is 270 g/mol. The molecule has 0 aliphatic rings. The van der Waals surface area contributed by atoms with Crippen molar-refractivity contribution in [1.82, 2.24) is 0 Å². The summed E-state index contributed by atoms with van der Waals surface area (Å²) in [6, 6.07) is 10.0. The van der Waals surface area contributed by atoms with Crippen molar-refractivity contribution in [3.8, 4) is 0 Å². The van der Waals surface area contributed by atoms with Gasteiger partial charge in [-0.25, -0.2) is 12.1 Å². The van der Waals surface area contributed by atoms with E-state index in [0.29, 0.717) is 0 Å². The zero-order valence-corrected chi connectivity index (χ0v) is 11.0. The molecule has 0 N–H and O–H groups in total. The van der Waals surface area contributed by atoms with Crippen LogP contribution in [0.25, 0.3) is 0 Å². The van der Waals surface area contributed by atoms with Crippen LogP contribution in [0, 0.1) is 20.0 Å². The van der Waals surface area contributed by atoms with Gasteiger partial charge in [-0.15, -0.1) is 0 Å². The second kappa shape index (κ2) is 56.2. The summed E-state index contributed by atoms with van der Waals surface area (Å²) in [7, 11) is 0. The summed E-state index contributed by atoms with van der Waals surface area (Å²) >= 11 is 0. The standard InChI is InChI=1S/C5H5.3CO.Mo.Na/c1-2-4-5-3-1;3*1-2;;/h1-5H;;;;;/q-1;;;;+4;+1. The summed E-state index contributed by atoms with van der Waals surface area (Å²) in [5, 5.41) is 0. The first-order valence-corrected chi connectivity index (χ1v) is 2.28. The van der Waals surface area contributed by atoms with Crippen LogP contribution in [0.2, 0.25) is 0 Å². The van der Waals surface area contributed by atoms with Crippen molar-refractivity contribution in [1.29, 1.82) is 0 Å². The first-order valence-electron chi connectivity index (χ1n) is 2.28. The van der Waals surface area contributed by atoms with E-state index >= 15 is 0 Å². The van der Waals surface area contributed by atoms with Crippen LogP contribution in [0.3, 0.4) is 0 Å². The Bertz CT molecular complexity index is 148. The molecule has 13 heavy (non-hydrogen) atoms. The molecule has 0 saturated carbocycles. The minimum absolute atomic E-state index is 0. The van der Waals surface area contributed by atoms with E-state index in [-0.39, 0.29) is 50.6 Å². The van der Waals surface area contributed by atoms with Gasteiger partial charge < -0.3 is 0 Å². The van der Waals surface area contributed by atoms with Crippen molar-refractivity contribution in [2.45, 2.75) is 0 Å². The van der Waals surface area contributed by atoms with Gasteiger partial charge in [-0.2, -0.15) is 18.2 Å². The minimum Gasteiger partial charge on any atom is -0.214 e. The molecule has 1 aromatic carbocycles. The summed E-state index contributed by atoms with van der Waals surface area (Å²) < 4.78 is 22.5. The Morgan fingerprint density at radius 2 is 1.00 bits per heavy atom. The summed E-state index contributed by atoms with van der Waals surface area (Å²) in [6.07, 6.45) is 0. The summed E-state index contributed by atoms with van der Waals surface area (Å²) in [4.78, 5) is 0. The zero-order valence-electron chi connectivity index (χ0n) is 7.02. The maximum atomic E-state index is 7.50. The van der Waals surface area contributed by atoms with E-state index in [0.717, 1.165) is 0 Å². The molecule has 0 fully saturated rings. The topological polar surface area (TPSA) is 59.7 Å². The van der Waals surface area contributed by atoms with Crippen LogP contribution in [0.4, 0.5) is 0 Å². The van der Waals surface area contributed by atoms with Gasteiger partial charge in [0.05, 0.1) is 0 Å². The molecule has 3 nitrogen and oxygen atoms in total. The fourth-order valence-electron chi connectivity index (χ4n) is 0.321. The van der Waals surface area contributed by atoms with E-state index in [1.807, 2.05) is 30.3 Å². The fourth-order valence-corrected chi connectivity index (χ4v) is 0.321. The van der Waals surface area contributed by atoms with Gasteiger partial charge in [0.15, 0.2) is 0 Å². The Morgan fingerprint density at radius 3 is 1.08 bits per heavy atom. The molecule has 0 unspecified atom stereocenters. The van der Waals surface area contributed by atoms with Crippen LogP contribution in [0.5, 0.6) is 0 Å². The van der Waals surface area contributed by atoms with Crippen LogP contribution >= 0.6 is 0 Å². The average molecular weight is 268 g/mol. The summed E-state index contributed by atoms with van der Waals surface area (Å²) in [5.74, 6) is 0. The molecule has 0 aliphatic heterocycles. The van der Waals surface area contributed by atoms with E-state index in [1.165, 1.54) is 0 Å². The molecule has 0 atom stereocenters. The number of hydrogen-bond donors (Lipinski definition) is 0. The average Bonchev–Trinajstić information content (AvgIpc) is 2.71. The Balaban J connectivity index is -0.0000000239. The minimum atomic E-state index is 0. The largest absolute Gasteiger partial charge is 4.00 e. The van der Waals surface area contributed by atoms with Crippen molar-refractivity contribution in [2.24, 2.45) is 0 Å². The Morgan fingerprint density at radius 1 is 0.769 bits per heavy atom. The zero-order chi connectivity index (χ0) is 9.54. The van der Waals surface area contributed by atoms with Crippen LogP contribution < -0.4 is 29.6 Å². The maximum Gasteiger partial charge on any atom is 4.00 e. The molecular weight excluding hydrogens is 263 g/mol. The Hall–Kier alpha value is 0.258. The molecule has 0 aliphatic carbocycles. The van der Waals surface area contributed by atoms with Crippen molar-refractivity contribution >= 4 is 0 Å². The van der Waals surface area contributed by atoms with Gasteiger partial charge >= 0.3 is 84.5 Å². The van der Waals surface area contributed by atoms with Gasteiger partial charge in [-0.3, -0.25) is 0 Å². The predicted molar refractivity (Wildman–Crippen MR) is 33.8 cm³/mol. The van der Waals surface area contributed by atoms with Gasteiger partial charge in [0.2, 0.25) is 0 Å². The number of hydrogen-bond acceptors (Lipinski definition) is 0. The van der Waals surface area contributed by atoms with Crippen LogP contribution in [-0.4, -0.2) is 0 Å². The molecule has 0 heterocycles. The van der Waals surface area contributed by atoms with E-state index in [2.05, 4.69) is 20.0 Å². The van der Waals surface area contributed by atoms with Crippen LogP contribution in [-0.2, 0) is 35.0 Å². The molecule has 0 radical (unpaired) electrons. The van der Waals surface area contributed by atoms with Gasteiger partial charge in [0, 0.05) is 0 Å². The summed E-state index contributed by atoms with van der Waals surface area (Å²) in [6.45, 7) is 13.5. The van der Waals surface area contributed by atoms with Crippen molar-refractivity contribution in [3.63, 3.8) is 0 Å². The summed E-state index contributed by atoms with van der Waals surface area (Å²) in [5.41, 5.74) is 0. The molecule has 0 bridgehead atoms. The van der Waals surface area contributed by atoms with Crippen molar-refractivity contribution in [2.75, 3.05) is 0 Å². The second-order valence-electron chi connectivity index (χ2n) is 0.962. The second-order valence-corrected chi connectivity index (χ2v) is 0.962. The molecule has 0 spiro atoms. The molecule has 0 aromatic heterocycles. The van der Waals surface area contributed by atoms with Gasteiger partial charge in [0.25, 0.3) is 0 Å². The predicted octanol–water partition coefficient (Wildman–Crippen LogP) is -1.71. The molecular formula is C8H5MoNaO3+4. The van der Waals surface area contributed by atoms with E-state index in [9.17, 15) is 0 Å². The number of rotatable bonds is 0. The molecule has 0 saturated heterocycles. The third kappa shape index (κ3) is 46.7. The first kappa shape index (κ1) is 29.2. The SMILES string of the molecule is [C-]#[O+].[C-]#[O+].[C-]#[O+].[Mo+4].[Na+].c1cc[cH-]c1. The van der Waals surface area contributed by atoms with Crippen LogP contribution in [0.1, 0.15) is 0 Å². The van der Waals surface area contributed by atoms with Gasteiger partial charge in [0.1, 0.15) is 0 Å². The van der Waals surface area contributed by atoms with E-state index in [1.54, 1.807) is 0 Å². The molecule has 1 aromatic rings. The van der Waals surface area contributed by atoms with Crippen LogP contribution in [0.15, 0.2) is 30.3 Å². The van der Waals surface area contributed by atoms with E-state index in [4.69, 9.17) is 14.0 Å². The Labute approximate surface area is 114 Å². The van der Waals surface area contributed by atoms with Crippen molar-refractivity contribution in [3.05, 3.63) is 50.3 Å². The molecule has 1 rings (SSSR count). The maximum absolute atomic E-state index is 7.50. The van der Waals surface area contributed by atoms with Gasteiger partial charge in [-0.1, -0.05) is 0 Å². The fraction of sp³-hybridized carbons (Fsp3) is 0. The van der Waals surface area contributed by atoms with Gasteiger partial charge in [-0.05, 0) is 0 Å². The molecule has 58 valence electrons. The third-order valence-electron chi connectivity index (χ3n) is 0.556. The molecule has 5 heteroatoms. The Kier molecular flexibility index (Phi) is 126.